The minimum absolute atomic E-state index is 0.00623. The summed E-state index contributed by atoms with van der Waals surface area (Å²) in [6.07, 6.45) is 13.7. The van der Waals surface area contributed by atoms with Gasteiger partial charge in [-0.3, -0.25) is 0 Å². The highest BCUT2D eigenvalue weighted by Gasteiger charge is 2.65. The Balaban J connectivity index is 1.44. The molecule has 1 N–H and O–H groups in total. The normalized spacial score (nSPS) is 54.6. The number of aliphatic hydroxyl groups is 1. The summed E-state index contributed by atoms with van der Waals surface area (Å²) in [6, 6.07) is 0. The van der Waals surface area contributed by atoms with Crippen molar-refractivity contribution in [2.45, 2.75) is 88.2 Å². The van der Waals surface area contributed by atoms with Gasteiger partial charge in [-0.15, -0.1) is 23.5 Å². The number of hydrogen-bond acceptors (Lipinski definition) is 3. The molecule has 0 aromatic rings. The zero-order valence-electron chi connectivity index (χ0n) is 16.1. The van der Waals surface area contributed by atoms with E-state index in [-0.39, 0.29) is 6.10 Å². The highest BCUT2D eigenvalue weighted by Crippen LogP contribution is 2.73. The van der Waals surface area contributed by atoms with Crippen molar-refractivity contribution in [3.8, 4) is 0 Å². The van der Waals surface area contributed by atoms with Crippen molar-refractivity contribution >= 4 is 23.5 Å². The highest BCUT2D eigenvalue weighted by atomic mass is 32.2. The van der Waals surface area contributed by atoms with Crippen molar-refractivity contribution in [3.63, 3.8) is 0 Å². The molecule has 5 rings (SSSR count). The monoisotopic (exact) mass is 380 g/mol. The summed E-state index contributed by atoms with van der Waals surface area (Å²) in [4.78, 5) is 0. The first-order valence-electron chi connectivity index (χ1n) is 10.9. The van der Waals surface area contributed by atoms with Gasteiger partial charge in [0.2, 0.25) is 0 Å². The maximum atomic E-state index is 10.2. The van der Waals surface area contributed by atoms with Crippen LogP contribution in [0.5, 0.6) is 0 Å². The van der Waals surface area contributed by atoms with Gasteiger partial charge in [0.05, 0.1) is 10.2 Å². The lowest BCUT2D eigenvalue weighted by Gasteiger charge is -2.62. The van der Waals surface area contributed by atoms with E-state index in [4.69, 9.17) is 0 Å². The van der Waals surface area contributed by atoms with Crippen LogP contribution < -0.4 is 0 Å². The zero-order chi connectivity index (χ0) is 17.3. The molecule has 142 valence electrons. The van der Waals surface area contributed by atoms with E-state index in [1.54, 1.807) is 0 Å². The van der Waals surface area contributed by atoms with Crippen molar-refractivity contribution < 1.29 is 5.11 Å². The van der Waals surface area contributed by atoms with Gasteiger partial charge in [0.15, 0.2) is 0 Å². The maximum Gasteiger partial charge on any atom is 0.0667 e. The molecule has 0 unspecified atom stereocenters. The summed E-state index contributed by atoms with van der Waals surface area (Å²) >= 11 is 4.70. The first-order chi connectivity index (χ1) is 12.0. The quantitative estimate of drug-likeness (QED) is 0.560. The molecule has 3 heteroatoms. The largest absolute Gasteiger partial charge is 0.393 e. The molecule has 0 aromatic carbocycles. The van der Waals surface area contributed by atoms with Gasteiger partial charge in [-0.25, -0.2) is 0 Å². The van der Waals surface area contributed by atoms with Crippen LogP contribution in [0.3, 0.4) is 0 Å². The number of aliphatic hydroxyl groups excluding tert-OH is 1. The molecule has 0 radical (unpaired) electrons. The topological polar surface area (TPSA) is 20.2 Å². The lowest BCUT2D eigenvalue weighted by Crippen LogP contribution is -2.55. The lowest BCUT2D eigenvalue weighted by atomic mass is 9.45. The third-order valence-corrected chi connectivity index (χ3v) is 13.6. The van der Waals surface area contributed by atoms with Crippen LogP contribution in [0.1, 0.15) is 78.1 Å². The lowest BCUT2D eigenvalue weighted by molar-refractivity contribution is -0.121. The Labute approximate surface area is 162 Å². The fraction of sp³-hybridized carbons (Fsp3) is 1.00. The summed E-state index contributed by atoms with van der Waals surface area (Å²) in [5, 5.41) is 10.2. The van der Waals surface area contributed by atoms with Gasteiger partial charge in [-0.1, -0.05) is 13.8 Å². The van der Waals surface area contributed by atoms with Crippen LogP contribution in [-0.4, -0.2) is 26.8 Å². The van der Waals surface area contributed by atoms with E-state index in [1.165, 1.54) is 62.9 Å². The molecule has 1 heterocycles. The summed E-state index contributed by atoms with van der Waals surface area (Å²) in [7, 11) is 0. The standard InChI is InChI=1S/C22H36OS2/c1-20-9-6-16(23)14-15(20)4-5-17-18(20)7-10-21(2)19(17)8-11-22(21)24-12-3-13-25-22/h15-19,23H,3-14H2,1-2H3/t15-,16+,17+,18-,19-,20-,21-/m0/s1. The Kier molecular flexibility index (Phi) is 4.31. The zero-order valence-corrected chi connectivity index (χ0v) is 17.8. The van der Waals surface area contributed by atoms with Gasteiger partial charge in [-0.05, 0) is 110 Å². The molecular formula is C22H36OS2. The Morgan fingerprint density at radius 2 is 1.60 bits per heavy atom. The average Bonchev–Trinajstić information content (AvgIpc) is 2.89. The molecule has 5 fully saturated rings. The number of fused-ring (bicyclic) bond motifs is 6. The molecule has 0 aromatic heterocycles. The molecule has 4 aliphatic carbocycles. The Hall–Kier alpha value is 0.660. The third kappa shape index (κ3) is 2.40. The molecule has 0 bridgehead atoms. The van der Waals surface area contributed by atoms with Crippen LogP contribution in [0.25, 0.3) is 0 Å². The van der Waals surface area contributed by atoms with Crippen LogP contribution in [0, 0.1) is 34.5 Å². The van der Waals surface area contributed by atoms with Gasteiger partial charge in [0.25, 0.3) is 0 Å². The Morgan fingerprint density at radius 1 is 0.840 bits per heavy atom. The first kappa shape index (κ1) is 17.7. The Morgan fingerprint density at radius 3 is 2.40 bits per heavy atom. The van der Waals surface area contributed by atoms with Gasteiger partial charge >= 0.3 is 0 Å². The number of hydrogen-bond donors (Lipinski definition) is 1. The van der Waals surface area contributed by atoms with Crippen LogP contribution in [-0.2, 0) is 0 Å². The van der Waals surface area contributed by atoms with Gasteiger partial charge in [0, 0.05) is 0 Å². The van der Waals surface area contributed by atoms with E-state index in [0.29, 0.717) is 14.9 Å². The predicted molar refractivity (Wildman–Crippen MR) is 110 cm³/mol. The van der Waals surface area contributed by atoms with E-state index >= 15 is 0 Å². The second-order valence-corrected chi connectivity index (χ2v) is 13.4. The molecule has 25 heavy (non-hydrogen) atoms. The van der Waals surface area contributed by atoms with Crippen molar-refractivity contribution in [2.24, 2.45) is 34.5 Å². The summed E-state index contributed by atoms with van der Waals surface area (Å²) in [5.74, 6) is 6.52. The number of rotatable bonds is 0. The van der Waals surface area contributed by atoms with Crippen molar-refractivity contribution in [3.05, 3.63) is 0 Å². The highest BCUT2D eigenvalue weighted by molar-refractivity contribution is 8.18. The van der Waals surface area contributed by atoms with Crippen molar-refractivity contribution in [1.29, 1.82) is 0 Å². The second-order valence-electron chi connectivity index (χ2n) is 10.4. The SMILES string of the molecule is C[C@]12CC[C@@H](O)C[C@@H]1CC[C@@H]1[C@@H]2CC[C@@]2(C)[C@H]1CCC21SCCCS1. The fourth-order valence-electron chi connectivity index (χ4n) is 8.24. The minimum atomic E-state index is -0.00623. The predicted octanol–water partition coefficient (Wildman–Crippen LogP) is 5.96. The van der Waals surface area contributed by atoms with Gasteiger partial charge in [-0.2, -0.15) is 0 Å². The second kappa shape index (κ2) is 6.08. The molecular weight excluding hydrogens is 344 g/mol. The van der Waals surface area contributed by atoms with E-state index in [1.807, 2.05) is 0 Å². The average molecular weight is 381 g/mol. The number of thioether (sulfide) groups is 2. The van der Waals surface area contributed by atoms with Crippen LogP contribution in [0.2, 0.25) is 0 Å². The summed E-state index contributed by atoms with van der Waals surface area (Å²) in [6.45, 7) is 5.32. The van der Waals surface area contributed by atoms with Gasteiger partial charge < -0.3 is 5.11 Å². The molecule has 1 nitrogen and oxygen atoms in total. The minimum Gasteiger partial charge on any atom is -0.393 e. The molecule has 1 aliphatic heterocycles. The van der Waals surface area contributed by atoms with Crippen molar-refractivity contribution in [2.75, 3.05) is 11.5 Å². The molecule has 1 saturated heterocycles. The fourth-order valence-corrected chi connectivity index (χ4v) is 12.2. The van der Waals surface area contributed by atoms with E-state index in [2.05, 4.69) is 37.4 Å². The Bertz CT molecular complexity index is 530. The molecule has 0 amide bonds. The maximum absolute atomic E-state index is 10.2. The van der Waals surface area contributed by atoms with E-state index in [0.717, 1.165) is 36.5 Å². The molecule has 1 spiro atoms. The van der Waals surface area contributed by atoms with Crippen LogP contribution in [0.15, 0.2) is 0 Å². The van der Waals surface area contributed by atoms with Crippen LogP contribution in [0.4, 0.5) is 0 Å². The molecule has 4 saturated carbocycles. The smallest absolute Gasteiger partial charge is 0.0667 e. The van der Waals surface area contributed by atoms with E-state index in [9.17, 15) is 5.11 Å². The molecule has 7 atom stereocenters. The summed E-state index contributed by atoms with van der Waals surface area (Å²) in [5.41, 5.74) is 1.12. The van der Waals surface area contributed by atoms with Crippen molar-refractivity contribution in [1.82, 2.24) is 0 Å². The summed E-state index contributed by atoms with van der Waals surface area (Å²) < 4.78 is 0.557. The van der Waals surface area contributed by atoms with E-state index < -0.39 is 0 Å². The van der Waals surface area contributed by atoms with Crippen LogP contribution >= 0.6 is 23.5 Å². The third-order valence-electron chi connectivity index (χ3n) is 9.64. The molecule has 5 aliphatic rings. The van der Waals surface area contributed by atoms with Gasteiger partial charge in [0.1, 0.15) is 0 Å². The first-order valence-corrected chi connectivity index (χ1v) is 12.9.